The molecule has 0 saturated heterocycles. The summed E-state index contributed by atoms with van der Waals surface area (Å²) in [6.07, 6.45) is 0.522. The molecule has 4 nitrogen and oxygen atoms in total. The number of nitrogens with zero attached hydrogens (tertiary/aromatic N) is 2. The maximum Gasteiger partial charge on any atom is 0.277 e. The van der Waals surface area contributed by atoms with Crippen LogP contribution < -0.4 is 5.56 Å². The van der Waals surface area contributed by atoms with Gasteiger partial charge in [0.15, 0.2) is 6.29 Å². The number of hydrogen-bond acceptors (Lipinski definition) is 3. The molecule has 0 saturated carbocycles. The summed E-state index contributed by atoms with van der Waals surface area (Å²) >= 11 is 0. The second-order valence-electron chi connectivity index (χ2n) is 4.99. The molecule has 104 valence electrons. The van der Waals surface area contributed by atoms with Crippen LogP contribution >= 0.6 is 0 Å². The van der Waals surface area contributed by atoms with Gasteiger partial charge in [-0.1, -0.05) is 13.8 Å². The van der Waals surface area contributed by atoms with E-state index < -0.39 is 5.56 Å². The fourth-order valence-electron chi connectivity index (χ4n) is 1.88. The summed E-state index contributed by atoms with van der Waals surface area (Å²) < 4.78 is 14.2. The van der Waals surface area contributed by atoms with E-state index in [1.165, 1.54) is 22.9 Å². The largest absolute Gasteiger partial charge is 0.298 e. The van der Waals surface area contributed by atoms with E-state index in [4.69, 9.17) is 0 Å². The quantitative estimate of drug-likeness (QED) is 0.805. The fraction of sp³-hybridized carbons (Fsp3) is 0.267. The van der Waals surface area contributed by atoms with Crippen molar-refractivity contribution in [2.75, 3.05) is 0 Å². The molecule has 1 heterocycles. The summed E-state index contributed by atoms with van der Waals surface area (Å²) in [5, 5.41) is 4.24. The summed E-state index contributed by atoms with van der Waals surface area (Å²) in [4.78, 5) is 23.0. The summed E-state index contributed by atoms with van der Waals surface area (Å²) in [5.41, 5.74) is 0.791. The molecule has 0 radical (unpaired) electrons. The first kappa shape index (κ1) is 14.1. The number of benzene rings is 1. The van der Waals surface area contributed by atoms with E-state index >= 15 is 0 Å². The first-order chi connectivity index (χ1) is 9.51. The fourth-order valence-corrected chi connectivity index (χ4v) is 1.88. The van der Waals surface area contributed by atoms with Crippen LogP contribution in [0.2, 0.25) is 0 Å². The van der Waals surface area contributed by atoms with Crippen LogP contribution in [-0.2, 0) is 6.54 Å². The molecular formula is C15H15FN2O2. The van der Waals surface area contributed by atoms with Gasteiger partial charge in [-0.15, -0.1) is 0 Å². The molecule has 1 aromatic carbocycles. The maximum absolute atomic E-state index is 12.9. The highest BCUT2D eigenvalue weighted by Gasteiger charge is 2.10. The van der Waals surface area contributed by atoms with Crippen molar-refractivity contribution in [3.63, 3.8) is 0 Å². The topological polar surface area (TPSA) is 52.0 Å². The van der Waals surface area contributed by atoms with Crippen LogP contribution in [0.1, 0.15) is 24.2 Å². The Bertz CT molecular complexity index is 675. The standard InChI is InChI=1S/C15H15FN2O2/c1-10(2)8-18-15(20)12(9-19)7-14(17-18)11-3-5-13(16)6-4-11/h3-7,9-10H,8H2,1-2H3. The third-order valence-corrected chi connectivity index (χ3v) is 2.81. The van der Waals surface area contributed by atoms with Gasteiger partial charge in [0.05, 0.1) is 11.3 Å². The van der Waals surface area contributed by atoms with Gasteiger partial charge in [-0.2, -0.15) is 5.10 Å². The molecule has 20 heavy (non-hydrogen) atoms. The molecule has 0 fully saturated rings. The summed E-state index contributed by atoms with van der Waals surface area (Å²) in [6, 6.07) is 7.19. The minimum atomic E-state index is -0.403. The molecule has 0 amide bonds. The second-order valence-corrected chi connectivity index (χ2v) is 4.99. The average Bonchev–Trinajstić information content (AvgIpc) is 2.41. The predicted octanol–water partition coefficient (Wildman–Crippen LogP) is 2.52. The third kappa shape index (κ3) is 2.99. The first-order valence-corrected chi connectivity index (χ1v) is 6.34. The zero-order valence-electron chi connectivity index (χ0n) is 11.3. The molecule has 0 unspecified atom stereocenters. The highest BCUT2D eigenvalue weighted by molar-refractivity contribution is 5.76. The van der Waals surface area contributed by atoms with E-state index in [0.717, 1.165) is 0 Å². The zero-order chi connectivity index (χ0) is 14.7. The Morgan fingerprint density at radius 1 is 1.30 bits per heavy atom. The highest BCUT2D eigenvalue weighted by Crippen LogP contribution is 2.17. The van der Waals surface area contributed by atoms with Crippen LogP contribution in [0, 0.1) is 11.7 Å². The summed E-state index contributed by atoms with van der Waals surface area (Å²) in [5.74, 6) is -0.122. The van der Waals surface area contributed by atoms with E-state index in [1.807, 2.05) is 13.8 Å². The molecule has 0 N–H and O–H groups in total. The van der Waals surface area contributed by atoms with Crippen molar-refractivity contribution in [2.45, 2.75) is 20.4 Å². The lowest BCUT2D eigenvalue weighted by Gasteiger charge is -2.10. The predicted molar refractivity (Wildman–Crippen MR) is 74.1 cm³/mol. The van der Waals surface area contributed by atoms with Crippen LogP contribution in [0.25, 0.3) is 11.3 Å². The molecule has 5 heteroatoms. The van der Waals surface area contributed by atoms with E-state index in [1.54, 1.807) is 12.1 Å². The van der Waals surface area contributed by atoms with Gasteiger partial charge in [0, 0.05) is 12.1 Å². The molecule has 2 rings (SSSR count). The van der Waals surface area contributed by atoms with Crippen LogP contribution in [0.5, 0.6) is 0 Å². The Kier molecular flexibility index (Phi) is 4.08. The van der Waals surface area contributed by atoms with E-state index in [0.29, 0.717) is 24.1 Å². The maximum atomic E-state index is 12.9. The van der Waals surface area contributed by atoms with Crippen LogP contribution in [0.4, 0.5) is 4.39 Å². The molecular weight excluding hydrogens is 259 g/mol. The Labute approximate surface area is 115 Å². The van der Waals surface area contributed by atoms with Crippen molar-refractivity contribution in [3.8, 4) is 11.3 Å². The number of aromatic nitrogens is 2. The Morgan fingerprint density at radius 2 is 1.95 bits per heavy atom. The van der Waals surface area contributed by atoms with Crippen LogP contribution in [0.3, 0.4) is 0 Å². The Balaban J connectivity index is 2.56. The van der Waals surface area contributed by atoms with E-state index in [2.05, 4.69) is 5.10 Å². The van der Waals surface area contributed by atoms with Crippen molar-refractivity contribution < 1.29 is 9.18 Å². The van der Waals surface area contributed by atoms with Crippen LogP contribution in [-0.4, -0.2) is 16.1 Å². The number of halogens is 1. The molecule has 0 atom stereocenters. The lowest BCUT2D eigenvalue weighted by Crippen LogP contribution is -2.28. The lowest BCUT2D eigenvalue weighted by atomic mass is 10.1. The van der Waals surface area contributed by atoms with Gasteiger partial charge in [-0.3, -0.25) is 9.59 Å². The van der Waals surface area contributed by atoms with Crippen molar-refractivity contribution in [2.24, 2.45) is 5.92 Å². The van der Waals surface area contributed by atoms with Crippen molar-refractivity contribution in [1.82, 2.24) is 9.78 Å². The molecule has 0 bridgehead atoms. The first-order valence-electron chi connectivity index (χ1n) is 6.34. The van der Waals surface area contributed by atoms with Crippen LogP contribution in [0.15, 0.2) is 35.1 Å². The summed E-state index contributed by atoms with van der Waals surface area (Å²) in [6.45, 7) is 4.34. The third-order valence-electron chi connectivity index (χ3n) is 2.81. The van der Waals surface area contributed by atoms with Gasteiger partial charge < -0.3 is 0 Å². The SMILES string of the molecule is CC(C)Cn1nc(-c2ccc(F)cc2)cc(C=O)c1=O. The molecule has 1 aromatic heterocycles. The monoisotopic (exact) mass is 274 g/mol. The molecule has 0 aliphatic rings. The van der Waals surface area contributed by atoms with Crippen molar-refractivity contribution in [1.29, 1.82) is 0 Å². The van der Waals surface area contributed by atoms with Crippen molar-refractivity contribution in [3.05, 3.63) is 52.1 Å². The molecule has 0 spiro atoms. The smallest absolute Gasteiger partial charge is 0.277 e. The summed E-state index contributed by atoms with van der Waals surface area (Å²) in [7, 11) is 0. The van der Waals surface area contributed by atoms with E-state index in [-0.39, 0.29) is 17.3 Å². The number of aldehydes is 1. The Morgan fingerprint density at radius 3 is 2.50 bits per heavy atom. The number of carbonyl (C=O) groups excluding carboxylic acids is 1. The molecule has 0 aliphatic carbocycles. The minimum Gasteiger partial charge on any atom is -0.298 e. The number of carbonyl (C=O) groups is 1. The Hall–Kier alpha value is -2.30. The lowest BCUT2D eigenvalue weighted by molar-refractivity contribution is 0.112. The number of hydrogen-bond donors (Lipinski definition) is 0. The van der Waals surface area contributed by atoms with Crippen molar-refractivity contribution >= 4 is 6.29 Å². The minimum absolute atomic E-state index is 0.0555. The van der Waals surface area contributed by atoms with Gasteiger partial charge in [-0.05, 0) is 36.2 Å². The van der Waals surface area contributed by atoms with E-state index in [9.17, 15) is 14.0 Å². The van der Waals surface area contributed by atoms with Gasteiger partial charge >= 0.3 is 0 Å². The average molecular weight is 274 g/mol. The molecule has 2 aromatic rings. The number of rotatable bonds is 4. The second kappa shape index (κ2) is 5.77. The highest BCUT2D eigenvalue weighted by atomic mass is 19.1. The van der Waals surface area contributed by atoms with Gasteiger partial charge in [0.2, 0.25) is 0 Å². The molecule has 0 aliphatic heterocycles. The van der Waals surface area contributed by atoms with Gasteiger partial charge in [-0.25, -0.2) is 9.07 Å². The normalized spacial score (nSPS) is 10.8. The van der Waals surface area contributed by atoms with Gasteiger partial charge in [0.25, 0.3) is 5.56 Å². The zero-order valence-corrected chi connectivity index (χ0v) is 11.3. The van der Waals surface area contributed by atoms with Gasteiger partial charge in [0.1, 0.15) is 5.82 Å².